The molecule has 7 nitrogen and oxygen atoms in total. The van der Waals surface area contributed by atoms with Crippen molar-refractivity contribution in [2.24, 2.45) is 0 Å². The maximum Gasteiger partial charge on any atom is 0.335 e. The van der Waals surface area contributed by atoms with Crippen molar-refractivity contribution in [2.45, 2.75) is 18.9 Å². The summed E-state index contributed by atoms with van der Waals surface area (Å²) < 4.78 is 0. The van der Waals surface area contributed by atoms with Crippen LogP contribution in [-0.4, -0.2) is 28.9 Å². The van der Waals surface area contributed by atoms with Crippen molar-refractivity contribution in [3.8, 4) is 0 Å². The van der Waals surface area contributed by atoms with Crippen LogP contribution in [0.25, 0.3) is 0 Å². The lowest BCUT2D eigenvalue weighted by Gasteiger charge is -2.23. The van der Waals surface area contributed by atoms with Gasteiger partial charge in [0.25, 0.3) is 0 Å². The summed E-state index contributed by atoms with van der Waals surface area (Å²) in [6, 6.07) is 3.67. The maximum atomic E-state index is 11.6. The van der Waals surface area contributed by atoms with Crippen molar-refractivity contribution in [1.82, 2.24) is 5.32 Å². The number of imide groups is 1. The average molecular weight is 263 g/mol. The zero-order valence-electron chi connectivity index (χ0n) is 9.97. The molecular formula is C12H13N3O4. The van der Waals surface area contributed by atoms with Crippen molar-refractivity contribution in [3.63, 3.8) is 0 Å². The van der Waals surface area contributed by atoms with E-state index >= 15 is 0 Å². The molecule has 0 spiro atoms. The van der Waals surface area contributed by atoms with Crippen LogP contribution in [-0.2, 0) is 9.59 Å². The predicted octanol–water partition coefficient (Wildman–Crippen LogP) is 0.184. The van der Waals surface area contributed by atoms with Gasteiger partial charge in [0.15, 0.2) is 0 Å². The van der Waals surface area contributed by atoms with Crippen LogP contribution in [0.2, 0.25) is 0 Å². The number of rotatable bonds is 3. The Balaban J connectivity index is 2.13. The molecule has 0 aromatic heterocycles. The van der Waals surface area contributed by atoms with Gasteiger partial charge in [-0.15, -0.1) is 0 Å². The molecule has 1 aromatic carbocycles. The third kappa shape index (κ3) is 2.82. The number of hydrogen-bond donors (Lipinski definition) is 4. The number of carboxylic acid groups (broad SMARTS) is 1. The first-order valence-corrected chi connectivity index (χ1v) is 5.70. The first kappa shape index (κ1) is 12.9. The molecule has 0 saturated carbocycles. The number of carbonyl (C=O) groups is 3. The molecule has 0 radical (unpaired) electrons. The summed E-state index contributed by atoms with van der Waals surface area (Å²) in [6.45, 7) is 0. The van der Waals surface area contributed by atoms with E-state index in [4.69, 9.17) is 10.8 Å². The van der Waals surface area contributed by atoms with Crippen molar-refractivity contribution < 1.29 is 19.5 Å². The summed E-state index contributed by atoms with van der Waals surface area (Å²) in [4.78, 5) is 33.3. The van der Waals surface area contributed by atoms with Crippen LogP contribution in [0.15, 0.2) is 18.2 Å². The molecule has 0 bridgehead atoms. The molecule has 100 valence electrons. The van der Waals surface area contributed by atoms with Crippen LogP contribution in [0.1, 0.15) is 23.2 Å². The van der Waals surface area contributed by atoms with E-state index in [1.54, 1.807) is 0 Å². The van der Waals surface area contributed by atoms with Crippen LogP contribution in [0.3, 0.4) is 0 Å². The van der Waals surface area contributed by atoms with Gasteiger partial charge in [-0.25, -0.2) is 4.79 Å². The largest absolute Gasteiger partial charge is 0.478 e. The molecular weight excluding hydrogens is 250 g/mol. The molecule has 1 saturated heterocycles. The number of carbonyl (C=O) groups excluding carboxylic acids is 2. The Hall–Kier alpha value is -2.57. The highest BCUT2D eigenvalue weighted by Crippen LogP contribution is 2.22. The number of hydrogen-bond acceptors (Lipinski definition) is 5. The molecule has 7 heteroatoms. The van der Waals surface area contributed by atoms with Crippen LogP contribution in [0, 0.1) is 0 Å². The third-order valence-corrected chi connectivity index (χ3v) is 2.87. The number of nitrogens with one attached hydrogen (secondary N) is 2. The highest BCUT2D eigenvalue weighted by atomic mass is 16.4. The van der Waals surface area contributed by atoms with Gasteiger partial charge in [0.2, 0.25) is 11.8 Å². The average Bonchev–Trinajstić information content (AvgIpc) is 2.34. The number of nitrogens with two attached hydrogens (primary N) is 1. The first-order valence-electron chi connectivity index (χ1n) is 5.70. The van der Waals surface area contributed by atoms with Gasteiger partial charge in [-0.05, 0) is 24.6 Å². The van der Waals surface area contributed by atoms with Crippen LogP contribution in [0.4, 0.5) is 11.4 Å². The fourth-order valence-electron chi connectivity index (χ4n) is 1.85. The van der Waals surface area contributed by atoms with E-state index in [9.17, 15) is 14.4 Å². The molecule has 0 aliphatic carbocycles. The Kier molecular flexibility index (Phi) is 3.37. The molecule has 1 unspecified atom stereocenters. The maximum absolute atomic E-state index is 11.6. The van der Waals surface area contributed by atoms with Crippen LogP contribution in [0.5, 0.6) is 0 Å². The van der Waals surface area contributed by atoms with Crippen LogP contribution >= 0.6 is 0 Å². The van der Waals surface area contributed by atoms with Gasteiger partial charge >= 0.3 is 5.97 Å². The highest BCUT2D eigenvalue weighted by molar-refractivity contribution is 6.01. The molecule has 19 heavy (non-hydrogen) atoms. The van der Waals surface area contributed by atoms with Gasteiger partial charge in [-0.1, -0.05) is 0 Å². The van der Waals surface area contributed by atoms with Crippen molar-refractivity contribution in [1.29, 1.82) is 0 Å². The van der Waals surface area contributed by atoms with E-state index < -0.39 is 17.9 Å². The Labute approximate surface area is 108 Å². The molecule has 1 fully saturated rings. The number of carboxylic acids is 1. The van der Waals surface area contributed by atoms with Gasteiger partial charge in [0.1, 0.15) is 6.04 Å². The summed E-state index contributed by atoms with van der Waals surface area (Å²) in [5.74, 6) is -1.77. The number of benzene rings is 1. The number of anilines is 2. The smallest absolute Gasteiger partial charge is 0.335 e. The van der Waals surface area contributed by atoms with Crippen molar-refractivity contribution in [3.05, 3.63) is 23.8 Å². The Morgan fingerprint density at radius 2 is 2.16 bits per heavy atom. The summed E-state index contributed by atoms with van der Waals surface area (Å²) in [7, 11) is 0. The molecule has 1 aliphatic heterocycles. The highest BCUT2D eigenvalue weighted by Gasteiger charge is 2.26. The second-order valence-corrected chi connectivity index (χ2v) is 4.26. The van der Waals surface area contributed by atoms with E-state index in [0.717, 1.165) is 0 Å². The summed E-state index contributed by atoms with van der Waals surface area (Å²) >= 11 is 0. The zero-order chi connectivity index (χ0) is 14.0. The second-order valence-electron chi connectivity index (χ2n) is 4.26. The number of piperidine rings is 1. The lowest BCUT2D eigenvalue weighted by atomic mass is 10.1. The molecule has 1 aliphatic rings. The van der Waals surface area contributed by atoms with Gasteiger partial charge in [0, 0.05) is 6.42 Å². The summed E-state index contributed by atoms with van der Waals surface area (Å²) in [5, 5.41) is 13.9. The van der Waals surface area contributed by atoms with E-state index in [1.807, 2.05) is 0 Å². The standard InChI is InChI=1S/C12H13N3O4/c13-7-5-6(12(18)19)1-2-8(7)14-9-3-4-10(16)15-11(9)17/h1-2,5,9,14H,3-4,13H2,(H,18,19)(H,15,16,17). The van der Waals surface area contributed by atoms with Gasteiger partial charge in [0.05, 0.1) is 16.9 Å². The Morgan fingerprint density at radius 1 is 1.42 bits per heavy atom. The topological polar surface area (TPSA) is 122 Å². The fraction of sp³-hybridized carbons (Fsp3) is 0.250. The van der Waals surface area contributed by atoms with Gasteiger partial charge in [-0.3, -0.25) is 14.9 Å². The molecule has 1 heterocycles. The van der Waals surface area contributed by atoms with E-state index in [0.29, 0.717) is 12.1 Å². The molecule has 1 aromatic rings. The monoisotopic (exact) mass is 263 g/mol. The van der Waals surface area contributed by atoms with Crippen molar-refractivity contribution in [2.75, 3.05) is 11.1 Å². The molecule has 2 rings (SSSR count). The third-order valence-electron chi connectivity index (χ3n) is 2.87. The van der Waals surface area contributed by atoms with Gasteiger partial charge in [-0.2, -0.15) is 0 Å². The fourth-order valence-corrected chi connectivity index (χ4v) is 1.85. The summed E-state index contributed by atoms with van der Waals surface area (Å²) in [5.41, 5.74) is 6.51. The minimum absolute atomic E-state index is 0.0753. The first-order chi connectivity index (χ1) is 8.97. The minimum atomic E-state index is -1.07. The normalized spacial score (nSPS) is 18.8. The second kappa shape index (κ2) is 4.97. The Morgan fingerprint density at radius 3 is 2.74 bits per heavy atom. The van der Waals surface area contributed by atoms with E-state index in [1.165, 1.54) is 18.2 Å². The van der Waals surface area contributed by atoms with Gasteiger partial charge < -0.3 is 16.2 Å². The lowest BCUT2D eigenvalue weighted by Crippen LogP contribution is -2.47. The van der Waals surface area contributed by atoms with Crippen molar-refractivity contribution >= 4 is 29.2 Å². The Bertz CT molecular complexity index is 556. The van der Waals surface area contributed by atoms with E-state index in [-0.39, 0.29) is 23.6 Å². The molecule has 5 N–H and O–H groups in total. The molecule has 2 amide bonds. The lowest BCUT2D eigenvalue weighted by molar-refractivity contribution is -0.133. The molecule has 1 atom stereocenters. The predicted molar refractivity (Wildman–Crippen MR) is 67.6 cm³/mol. The minimum Gasteiger partial charge on any atom is -0.478 e. The number of amides is 2. The SMILES string of the molecule is Nc1cc(C(=O)O)ccc1NC1CCC(=O)NC1=O. The quantitative estimate of drug-likeness (QED) is 0.456. The zero-order valence-corrected chi connectivity index (χ0v) is 9.97. The summed E-state index contributed by atoms with van der Waals surface area (Å²) in [6.07, 6.45) is 0.640. The van der Waals surface area contributed by atoms with Crippen LogP contribution < -0.4 is 16.4 Å². The van der Waals surface area contributed by atoms with E-state index in [2.05, 4.69) is 10.6 Å². The number of nitrogen functional groups attached to an aromatic ring is 1. The number of aromatic carboxylic acids is 1.